The third-order valence-electron chi connectivity index (χ3n) is 2.33. The number of halogens is 1. The van der Waals surface area contributed by atoms with Crippen LogP contribution in [0.3, 0.4) is 0 Å². The zero-order valence-corrected chi connectivity index (χ0v) is 10.2. The lowest BCUT2D eigenvalue weighted by molar-refractivity contribution is -1.92. The van der Waals surface area contributed by atoms with Crippen molar-refractivity contribution in [2.24, 2.45) is 7.05 Å². The summed E-state index contributed by atoms with van der Waals surface area (Å²) in [4.78, 5) is 0. The Hall–Kier alpha value is -1.24. The molecule has 0 spiro atoms. The maximum absolute atomic E-state index is 8.60. The standard InChI is InChI=1S/C11H12N.ClHO4/c1-9-7-8-10-5-3-4-6-11(10)12(9)2;2-1(3,4)5/h3-8H,1-2H3;(H,2,3,4,5)/q+1;. The number of hydrogen-bond donors (Lipinski definition) is 1. The van der Waals surface area contributed by atoms with Crippen LogP contribution in [-0.4, -0.2) is 4.66 Å². The van der Waals surface area contributed by atoms with E-state index in [9.17, 15) is 0 Å². The SMILES string of the molecule is Cc1ccc2ccccc2[n+]1C.[O-][Cl+3]([O-])([O-])O. The minimum atomic E-state index is -4.69. The van der Waals surface area contributed by atoms with E-state index in [2.05, 4.69) is 54.9 Å². The number of aromatic nitrogens is 1. The van der Waals surface area contributed by atoms with Crippen LogP contribution in [0, 0.1) is 17.2 Å². The van der Waals surface area contributed by atoms with Crippen LogP contribution in [0.4, 0.5) is 0 Å². The zero-order chi connectivity index (χ0) is 13.1. The molecule has 0 unspecified atom stereocenters. The van der Waals surface area contributed by atoms with Gasteiger partial charge in [-0.15, -0.1) is 0 Å². The molecule has 92 valence electrons. The van der Waals surface area contributed by atoms with Crippen molar-refractivity contribution in [2.45, 2.75) is 6.92 Å². The number of aryl methyl sites for hydroxylation is 2. The molecule has 0 saturated carbocycles. The summed E-state index contributed by atoms with van der Waals surface area (Å²) in [7, 11) is -2.60. The van der Waals surface area contributed by atoms with Gasteiger partial charge in [0.25, 0.3) is 0 Å². The molecule has 2 aromatic rings. The number of rotatable bonds is 0. The van der Waals surface area contributed by atoms with Gasteiger partial charge in [0.2, 0.25) is 5.52 Å². The number of hydrogen-bond acceptors (Lipinski definition) is 4. The molecule has 0 radical (unpaired) electrons. The third kappa shape index (κ3) is 4.64. The van der Waals surface area contributed by atoms with E-state index in [1.54, 1.807) is 0 Å². The molecule has 2 rings (SSSR count). The van der Waals surface area contributed by atoms with E-state index in [1.165, 1.54) is 16.6 Å². The Labute approximate surface area is 101 Å². The molecule has 5 nitrogen and oxygen atoms in total. The van der Waals surface area contributed by atoms with Crippen LogP contribution in [0.5, 0.6) is 0 Å². The van der Waals surface area contributed by atoms with E-state index in [0.717, 1.165) is 0 Å². The van der Waals surface area contributed by atoms with Crippen molar-refractivity contribution >= 4 is 10.9 Å². The van der Waals surface area contributed by atoms with E-state index < -0.39 is 10.2 Å². The van der Waals surface area contributed by atoms with Gasteiger partial charge >= 0.3 is 0 Å². The summed E-state index contributed by atoms with van der Waals surface area (Å²) in [6, 6.07) is 12.7. The average molecular weight is 259 g/mol. The molecule has 6 heteroatoms. The summed E-state index contributed by atoms with van der Waals surface area (Å²) in [5.41, 5.74) is 2.58. The fraction of sp³-hybridized carbons (Fsp3) is 0.182. The lowest BCUT2D eigenvalue weighted by Crippen LogP contribution is -2.58. The van der Waals surface area contributed by atoms with Crippen LogP contribution in [0.15, 0.2) is 36.4 Å². The summed E-state index contributed by atoms with van der Waals surface area (Å²) in [5, 5.41) is 1.30. The van der Waals surface area contributed by atoms with E-state index in [0.29, 0.717) is 0 Å². The van der Waals surface area contributed by atoms with Crippen molar-refractivity contribution in [3.05, 3.63) is 42.1 Å². The second-order valence-electron chi connectivity index (χ2n) is 3.49. The highest BCUT2D eigenvalue weighted by molar-refractivity contribution is 5.75. The number of nitrogens with zero attached hydrogens (tertiary/aromatic N) is 1. The second kappa shape index (κ2) is 5.39. The second-order valence-corrected chi connectivity index (χ2v) is 4.28. The molecule has 1 N–H and O–H groups in total. The van der Waals surface area contributed by atoms with Gasteiger partial charge in [-0.2, -0.15) is 18.5 Å². The van der Waals surface area contributed by atoms with Gasteiger partial charge in [-0.3, -0.25) is 0 Å². The Morgan fingerprint density at radius 2 is 1.59 bits per heavy atom. The summed E-state index contributed by atoms with van der Waals surface area (Å²) in [6.45, 7) is 2.12. The highest BCUT2D eigenvalue weighted by Gasteiger charge is 2.05. The van der Waals surface area contributed by atoms with Gasteiger partial charge in [-0.05, 0) is 12.1 Å². The molecule has 1 aromatic carbocycles. The molecule has 0 amide bonds. The summed E-state index contributed by atoms with van der Waals surface area (Å²) >= 11 is 0. The van der Waals surface area contributed by atoms with Crippen molar-refractivity contribution in [1.82, 2.24) is 0 Å². The molecular weight excluding hydrogens is 246 g/mol. The lowest BCUT2D eigenvalue weighted by atomic mass is 10.2. The minimum absolute atomic E-state index is 1.29. The molecule has 0 aliphatic heterocycles. The fourth-order valence-electron chi connectivity index (χ4n) is 1.45. The van der Waals surface area contributed by atoms with Gasteiger partial charge in [0, 0.05) is 24.4 Å². The van der Waals surface area contributed by atoms with Crippen LogP contribution < -0.4 is 18.5 Å². The first-order valence-corrected chi connectivity index (χ1v) is 6.03. The zero-order valence-electron chi connectivity index (χ0n) is 9.46. The van der Waals surface area contributed by atoms with Crippen LogP contribution in [0.25, 0.3) is 10.9 Å². The molecule has 0 bridgehead atoms. The average Bonchev–Trinajstić information content (AvgIpc) is 2.22. The number of benzene rings is 1. The molecule has 1 heterocycles. The summed E-state index contributed by atoms with van der Waals surface area (Å²) in [6.07, 6.45) is 0. The first-order chi connectivity index (χ1) is 7.79. The molecule has 0 aliphatic rings. The van der Waals surface area contributed by atoms with Gasteiger partial charge in [-0.25, -0.2) is 0 Å². The fourth-order valence-corrected chi connectivity index (χ4v) is 1.45. The van der Waals surface area contributed by atoms with E-state index in [1.807, 2.05) is 0 Å². The monoisotopic (exact) mass is 258 g/mol. The Morgan fingerprint density at radius 3 is 2.18 bits per heavy atom. The summed E-state index contributed by atoms with van der Waals surface area (Å²) < 4.78 is 34.9. The first-order valence-electron chi connectivity index (χ1n) is 4.76. The van der Waals surface area contributed by atoms with Crippen molar-refractivity contribution in [2.75, 3.05) is 0 Å². The van der Waals surface area contributed by atoms with E-state index in [-0.39, 0.29) is 0 Å². The van der Waals surface area contributed by atoms with Gasteiger partial charge in [0.15, 0.2) is 5.69 Å². The highest BCUT2D eigenvalue weighted by Crippen LogP contribution is 2.08. The van der Waals surface area contributed by atoms with Crippen molar-refractivity contribution in [3.63, 3.8) is 0 Å². The predicted octanol–water partition coefficient (Wildman–Crippen LogP) is -2.15. The number of pyridine rings is 1. The van der Waals surface area contributed by atoms with Crippen LogP contribution >= 0.6 is 0 Å². The van der Waals surface area contributed by atoms with Crippen molar-refractivity contribution < 1.29 is 33.4 Å². The van der Waals surface area contributed by atoms with Crippen LogP contribution in [-0.2, 0) is 7.05 Å². The van der Waals surface area contributed by atoms with Crippen LogP contribution in [0.1, 0.15) is 5.69 Å². The maximum atomic E-state index is 8.60. The molecule has 1 aromatic heterocycles. The lowest BCUT2D eigenvalue weighted by Gasteiger charge is -2.03. The Kier molecular flexibility index (Phi) is 4.39. The molecular formula is C11H13ClNO4+. The van der Waals surface area contributed by atoms with Gasteiger partial charge in [0.05, 0.1) is 14.9 Å². The van der Waals surface area contributed by atoms with E-state index >= 15 is 0 Å². The summed E-state index contributed by atoms with van der Waals surface area (Å²) in [5.74, 6) is 0. The molecule has 0 aliphatic carbocycles. The normalized spacial score (nSPS) is 10.9. The molecule has 0 atom stereocenters. The smallest absolute Gasteiger partial charge is 0.199 e. The first kappa shape index (κ1) is 13.8. The molecule has 0 fully saturated rings. The largest absolute Gasteiger partial charge is 0.212 e. The number of fused-ring (bicyclic) bond motifs is 1. The van der Waals surface area contributed by atoms with Gasteiger partial charge in [-0.1, -0.05) is 12.1 Å². The quantitative estimate of drug-likeness (QED) is 0.545. The minimum Gasteiger partial charge on any atom is -0.199 e. The Balaban J connectivity index is 0.000000249. The van der Waals surface area contributed by atoms with Gasteiger partial charge in [0.1, 0.15) is 7.05 Å². The van der Waals surface area contributed by atoms with Crippen molar-refractivity contribution in [3.8, 4) is 0 Å². The Morgan fingerprint density at radius 1 is 1.06 bits per heavy atom. The Bertz CT molecular complexity index is 504. The van der Waals surface area contributed by atoms with E-state index in [4.69, 9.17) is 18.6 Å². The van der Waals surface area contributed by atoms with Crippen molar-refractivity contribution in [1.29, 1.82) is 0 Å². The molecule has 0 saturated heterocycles. The van der Waals surface area contributed by atoms with Crippen LogP contribution in [0.2, 0.25) is 0 Å². The number of para-hydroxylation sites is 1. The third-order valence-corrected chi connectivity index (χ3v) is 2.33. The maximum Gasteiger partial charge on any atom is 0.212 e. The van der Waals surface area contributed by atoms with Gasteiger partial charge < -0.3 is 0 Å². The predicted molar refractivity (Wildman–Crippen MR) is 52.1 cm³/mol. The molecule has 17 heavy (non-hydrogen) atoms. The highest BCUT2D eigenvalue weighted by atomic mass is 35.7. The topological polar surface area (TPSA) is 93.3 Å².